The van der Waals surface area contributed by atoms with E-state index in [1.54, 1.807) is 6.33 Å². The fourth-order valence-corrected chi connectivity index (χ4v) is 3.79. The van der Waals surface area contributed by atoms with Crippen LogP contribution in [0.4, 0.5) is 5.82 Å². The molecule has 23 heavy (non-hydrogen) atoms. The van der Waals surface area contributed by atoms with Crippen LogP contribution in [-0.2, 0) is 4.79 Å². The Morgan fingerprint density at radius 3 is 3.09 bits per heavy atom. The molecule has 122 valence electrons. The summed E-state index contributed by atoms with van der Waals surface area (Å²) < 4.78 is 0. The van der Waals surface area contributed by atoms with E-state index in [2.05, 4.69) is 30.2 Å². The third kappa shape index (κ3) is 2.52. The van der Waals surface area contributed by atoms with Gasteiger partial charge in [-0.25, -0.2) is 15.0 Å². The van der Waals surface area contributed by atoms with Gasteiger partial charge in [-0.2, -0.15) is 0 Å². The molecule has 1 amide bonds. The topological polar surface area (TPSA) is 90.0 Å². The first-order chi connectivity index (χ1) is 11.2. The summed E-state index contributed by atoms with van der Waals surface area (Å²) in [6, 6.07) is 0.717. The lowest BCUT2D eigenvalue weighted by Gasteiger charge is -2.30. The average molecular weight is 315 g/mol. The Hall–Kier alpha value is -2.22. The molecule has 2 unspecified atom stereocenters. The predicted molar refractivity (Wildman–Crippen MR) is 86.1 cm³/mol. The lowest BCUT2D eigenvalue weighted by atomic mass is 10.1. The van der Waals surface area contributed by atoms with Crippen LogP contribution >= 0.6 is 0 Å². The third-order valence-corrected chi connectivity index (χ3v) is 4.88. The summed E-state index contributed by atoms with van der Waals surface area (Å²) >= 11 is 0. The molecule has 2 saturated heterocycles. The van der Waals surface area contributed by atoms with Gasteiger partial charge in [0, 0.05) is 25.7 Å². The fourth-order valence-electron chi connectivity index (χ4n) is 3.79. The maximum absolute atomic E-state index is 12.9. The standard InChI is InChI=1S/C15H21N7O/c1-21(15-13-14(18-8-17-13)19-9-20-15)7-12(23)22-10-2-3-11(22)6-16-5-4-10/h8-11,16H,2-7H2,1H3,(H,17,18,19,20). The van der Waals surface area contributed by atoms with E-state index in [0.29, 0.717) is 30.1 Å². The Morgan fingerprint density at radius 1 is 1.30 bits per heavy atom. The highest BCUT2D eigenvalue weighted by atomic mass is 16.2. The summed E-state index contributed by atoms with van der Waals surface area (Å²) in [6.07, 6.45) is 6.36. The van der Waals surface area contributed by atoms with Gasteiger partial charge in [0.15, 0.2) is 11.5 Å². The molecule has 0 spiro atoms. The zero-order valence-corrected chi connectivity index (χ0v) is 13.2. The fraction of sp³-hybridized carbons (Fsp3) is 0.600. The van der Waals surface area contributed by atoms with Crippen molar-refractivity contribution in [2.75, 3.05) is 31.6 Å². The molecule has 2 fully saturated rings. The van der Waals surface area contributed by atoms with E-state index in [9.17, 15) is 4.79 Å². The number of nitrogens with one attached hydrogen (secondary N) is 2. The molecule has 0 aromatic carbocycles. The van der Waals surface area contributed by atoms with Crippen molar-refractivity contribution >= 4 is 22.9 Å². The number of carbonyl (C=O) groups excluding carboxylic acids is 1. The molecule has 2 aliphatic heterocycles. The molecule has 0 saturated carbocycles. The van der Waals surface area contributed by atoms with Crippen molar-refractivity contribution in [2.24, 2.45) is 0 Å². The Morgan fingerprint density at radius 2 is 2.17 bits per heavy atom. The molecule has 8 heteroatoms. The summed E-state index contributed by atoms with van der Waals surface area (Å²) in [5.41, 5.74) is 1.39. The molecule has 8 nitrogen and oxygen atoms in total. The monoisotopic (exact) mass is 315 g/mol. The SMILES string of the molecule is CN(CC(=O)N1C2CCNCC1CC2)c1ncnc2nc[nH]c12. The lowest BCUT2D eigenvalue weighted by Crippen LogP contribution is -2.46. The van der Waals surface area contributed by atoms with Gasteiger partial charge >= 0.3 is 0 Å². The minimum absolute atomic E-state index is 0.176. The van der Waals surface area contributed by atoms with E-state index in [1.807, 2.05) is 11.9 Å². The number of amides is 1. The number of likely N-dealkylation sites (N-methyl/N-ethyl adjacent to an activating group) is 1. The van der Waals surface area contributed by atoms with Gasteiger partial charge in [-0.05, 0) is 25.8 Å². The summed E-state index contributed by atoms with van der Waals surface area (Å²) in [4.78, 5) is 32.4. The number of nitrogens with zero attached hydrogens (tertiary/aromatic N) is 5. The average Bonchev–Trinajstić information content (AvgIpc) is 3.09. The number of rotatable bonds is 3. The summed E-state index contributed by atoms with van der Waals surface area (Å²) in [7, 11) is 1.89. The van der Waals surface area contributed by atoms with Gasteiger partial charge in [0.2, 0.25) is 5.91 Å². The highest BCUT2D eigenvalue weighted by Gasteiger charge is 2.38. The Bertz CT molecular complexity index is 701. The number of H-pyrrole nitrogens is 1. The van der Waals surface area contributed by atoms with Crippen LogP contribution in [0.25, 0.3) is 11.2 Å². The normalized spacial score (nSPS) is 24.0. The number of anilines is 1. The van der Waals surface area contributed by atoms with Gasteiger partial charge in [0.1, 0.15) is 11.8 Å². The van der Waals surface area contributed by atoms with Crippen LogP contribution in [0.3, 0.4) is 0 Å². The number of hydrogen-bond donors (Lipinski definition) is 2. The van der Waals surface area contributed by atoms with E-state index in [-0.39, 0.29) is 5.91 Å². The second-order valence-electron chi connectivity index (χ2n) is 6.33. The number of carbonyl (C=O) groups is 1. The van der Waals surface area contributed by atoms with Crippen molar-refractivity contribution in [1.29, 1.82) is 0 Å². The van der Waals surface area contributed by atoms with Gasteiger partial charge in [-0.3, -0.25) is 4.79 Å². The number of imidazole rings is 1. The molecule has 0 radical (unpaired) electrons. The van der Waals surface area contributed by atoms with Crippen molar-refractivity contribution in [1.82, 2.24) is 30.2 Å². The molecule has 2 atom stereocenters. The molecule has 4 rings (SSSR count). The van der Waals surface area contributed by atoms with Crippen LogP contribution < -0.4 is 10.2 Å². The second kappa shape index (κ2) is 5.77. The lowest BCUT2D eigenvalue weighted by molar-refractivity contribution is -0.132. The molecule has 2 N–H and O–H groups in total. The molecule has 2 aromatic rings. The largest absolute Gasteiger partial charge is 0.348 e. The first kappa shape index (κ1) is 14.4. The predicted octanol–water partition coefficient (Wildman–Crippen LogP) is 0.142. The van der Waals surface area contributed by atoms with Gasteiger partial charge in [0.05, 0.1) is 12.9 Å². The maximum Gasteiger partial charge on any atom is 0.242 e. The molecule has 2 aromatic heterocycles. The van der Waals surface area contributed by atoms with Crippen molar-refractivity contribution < 1.29 is 4.79 Å². The van der Waals surface area contributed by atoms with Gasteiger partial charge in [-0.15, -0.1) is 0 Å². The number of aromatic amines is 1. The number of fused-ring (bicyclic) bond motifs is 3. The molecule has 2 bridgehead atoms. The van der Waals surface area contributed by atoms with Crippen LogP contribution in [0, 0.1) is 0 Å². The molecule has 0 aliphatic carbocycles. The van der Waals surface area contributed by atoms with Crippen molar-refractivity contribution in [2.45, 2.75) is 31.3 Å². The first-order valence-corrected chi connectivity index (χ1v) is 8.11. The van der Waals surface area contributed by atoms with Crippen LogP contribution in [-0.4, -0.2) is 69.5 Å². The summed E-state index contributed by atoms with van der Waals surface area (Å²) in [5, 5.41) is 3.43. The zero-order chi connectivity index (χ0) is 15.8. The van der Waals surface area contributed by atoms with E-state index >= 15 is 0 Å². The van der Waals surface area contributed by atoms with Crippen LogP contribution in [0.5, 0.6) is 0 Å². The Kier molecular flexibility index (Phi) is 3.60. The van der Waals surface area contributed by atoms with Crippen molar-refractivity contribution in [3.63, 3.8) is 0 Å². The minimum Gasteiger partial charge on any atom is -0.348 e. The second-order valence-corrected chi connectivity index (χ2v) is 6.33. The smallest absolute Gasteiger partial charge is 0.242 e. The molecule has 4 heterocycles. The van der Waals surface area contributed by atoms with Crippen molar-refractivity contribution in [3.8, 4) is 0 Å². The Labute approximate surface area is 134 Å². The number of aromatic nitrogens is 4. The summed E-state index contributed by atoms with van der Waals surface area (Å²) in [5.74, 6) is 0.885. The highest BCUT2D eigenvalue weighted by molar-refractivity contribution is 5.87. The molecular formula is C15H21N7O. The van der Waals surface area contributed by atoms with E-state index in [1.165, 1.54) is 6.33 Å². The minimum atomic E-state index is 0.176. The summed E-state index contributed by atoms with van der Waals surface area (Å²) in [6.45, 7) is 2.23. The van der Waals surface area contributed by atoms with Gasteiger partial charge in [-0.1, -0.05) is 0 Å². The molecule has 2 aliphatic rings. The third-order valence-electron chi connectivity index (χ3n) is 4.88. The van der Waals surface area contributed by atoms with E-state index < -0.39 is 0 Å². The zero-order valence-electron chi connectivity index (χ0n) is 13.2. The maximum atomic E-state index is 12.9. The first-order valence-electron chi connectivity index (χ1n) is 8.11. The van der Waals surface area contributed by atoms with Gasteiger partial charge < -0.3 is 20.1 Å². The Balaban J connectivity index is 1.53. The quantitative estimate of drug-likeness (QED) is 0.837. The van der Waals surface area contributed by atoms with Crippen LogP contribution in [0.15, 0.2) is 12.7 Å². The van der Waals surface area contributed by atoms with Crippen LogP contribution in [0.2, 0.25) is 0 Å². The van der Waals surface area contributed by atoms with E-state index in [0.717, 1.165) is 37.9 Å². The highest BCUT2D eigenvalue weighted by Crippen LogP contribution is 2.28. The molecular weight excluding hydrogens is 294 g/mol. The van der Waals surface area contributed by atoms with Crippen LogP contribution in [0.1, 0.15) is 19.3 Å². The number of hydrogen-bond acceptors (Lipinski definition) is 6. The van der Waals surface area contributed by atoms with Crippen molar-refractivity contribution in [3.05, 3.63) is 12.7 Å². The van der Waals surface area contributed by atoms with Gasteiger partial charge in [0.25, 0.3) is 0 Å². The van der Waals surface area contributed by atoms with E-state index in [4.69, 9.17) is 0 Å².